The minimum Gasteiger partial charge on any atom is -0.496 e. The summed E-state index contributed by atoms with van der Waals surface area (Å²) in [6, 6.07) is 12.2. The molecule has 0 saturated carbocycles. The lowest BCUT2D eigenvalue weighted by atomic mass is 10.1. The molecule has 174 valence electrons. The van der Waals surface area contributed by atoms with E-state index >= 15 is 0 Å². The maximum absolute atomic E-state index is 13.0. The van der Waals surface area contributed by atoms with Crippen LogP contribution in [0.3, 0.4) is 0 Å². The van der Waals surface area contributed by atoms with E-state index in [1.165, 1.54) is 7.11 Å². The normalized spacial score (nSPS) is 14.9. The Kier molecular flexibility index (Phi) is 8.15. The third kappa shape index (κ3) is 6.01. The molecule has 0 bridgehead atoms. The van der Waals surface area contributed by atoms with Crippen LogP contribution in [0.15, 0.2) is 47.4 Å². The number of sulfonamides is 1. The van der Waals surface area contributed by atoms with Crippen LogP contribution in [0.1, 0.15) is 45.1 Å². The second-order valence-corrected chi connectivity index (χ2v) is 10.1. The molecule has 1 amide bonds. The summed E-state index contributed by atoms with van der Waals surface area (Å²) in [5.74, 6) is 0.998. The highest BCUT2D eigenvalue weighted by Crippen LogP contribution is 2.28. The number of nitrogens with one attached hydrogen (secondary N) is 1. The van der Waals surface area contributed by atoms with Gasteiger partial charge in [-0.25, -0.2) is 8.42 Å². The summed E-state index contributed by atoms with van der Waals surface area (Å²) in [5.41, 5.74) is 1.30. The number of ether oxygens (including phenoxy) is 2. The first kappa shape index (κ1) is 24.1. The molecular weight excluding hydrogens is 428 g/mol. The van der Waals surface area contributed by atoms with Crippen molar-refractivity contribution in [2.45, 2.75) is 57.0 Å². The summed E-state index contributed by atoms with van der Waals surface area (Å²) < 4.78 is 38.8. The predicted octanol–water partition coefficient (Wildman–Crippen LogP) is 4.23. The Bertz CT molecular complexity index is 1030. The van der Waals surface area contributed by atoms with Crippen LogP contribution in [0.5, 0.6) is 11.5 Å². The Balaban J connectivity index is 1.72. The maximum atomic E-state index is 13.0. The number of carbonyl (C=O) groups is 1. The molecule has 1 N–H and O–H groups in total. The molecule has 1 aliphatic rings. The van der Waals surface area contributed by atoms with E-state index in [0.717, 1.165) is 19.3 Å². The molecule has 2 aromatic rings. The van der Waals surface area contributed by atoms with Gasteiger partial charge < -0.3 is 14.8 Å². The molecule has 3 rings (SSSR count). The van der Waals surface area contributed by atoms with Crippen molar-refractivity contribution in [3.05, 3.63) is 48.0 Å². The first-order valence-electron chi connectivity index (χ1n) is 11.0. The number of carbonyl (C=O) groups excluding carboxylic acids is 1. The lowest BCUT2D eigenvalue weighted by Gasteiger charge is -2.26. The molecule has 0 spiro atoms. The lowest BCUT2D eigenvalue weighted by Crippen LogP contribution is -2.35. The molecule has 0 aliphatic carbocycles. The summed E-state index contributed by atoms with van der Waals surface area (Å²) in [4.78, 5) is 12.9. The second-order valence-electron chi connectivity index (χ2n) is 8.15. The fourth-order valence-electron chi connectivity index (χ4n) is 3.75. The number of rotatable bonds is 9. The highest BCUT2D eigenvalue weighted by molar-refractivity contribution is 7.89. The molecule has 1 saturated heterocycles. The lowest BCUT2D eigenvalue weighted by molar-refractivity contribution is -0.116. The zero-order chi connectivity index (χ0) is 23.1. The molecule has 1 aliphatic heterocycles. The molecule has 0 radical (unpaired) electrons. The van der Waals surface area contributed by atoms with Crippen LogP contribution < -0.4 is 14.8 Å². The van der Waals surface area contributed by atoms with E-state index in [1.54, 1.807) is 28.6 Å². The first-order valence-corrected chi connectivity index (χ1v) is 12.5. The smallest absolute Gasteiger partial charge is 0.243 e. The molecular formula is C24H32N2O5S. The van der Waals surface area contributed by atoms with Crippen molar-refractivity contribution < 1.29 is 22.7 Å². The van der Waals surface area contributed by atoms with Gasteiger partial charge in [-0.2, -0.15) is 4.31 Å². The van der Waals surface area contributed by atoms with E-state index in [-0.39, 0.29) is 23.3 Å². The van der Waals surface area contributed by atoms with E-state index < -0.39 is 10.0 Å². The molecule has 2 aromatic carbocycles. The van der Waals surface area contributed by atoms with Crippen molar-refractivity contribution in [3.63, 3.8) is 0 Å². The Morgan fingerprint density at radius 3 is 2.47 bits per heavy atom. The van der Waals surface area contributed by atoms with Crippen LogP contribution >= 0.6 is 0 Å². The quantitative estimate of drug-likeness (QED) is 0.605. The Morgan fingerprint density at radius 1 is 1.06 bits per heavy atom. The SMILES string of the molecule is COc1ccc(S(=O)(=O)N2CCCCC2)cc1CCC(=O)Nc1ccccc1OC(C)C. The van der Waals surface area contributed by atoms with Gasteiger partial charge in [0.2, 0.25) is 15.9 Å². The van der Waals surface area contributed by atoms with Crippen LogP contribution in [0, 0.1) is 0 Å². The molecule has 7 nitrogen and oxygen atoms in total. The summed E-state index contributed by atoms with van der Waals surface area (Å²) in [6.45, 7) is 4.94. The van der Waals surface area contributed by atoms with E-state index in [4.69, 9.17) is 9.47 Å². The van der Waals surface area contributed by atoms with E-state index in [1.807, 2.05) is 32.0 Å². The zero-order valence-electron chi connectivity index (χ0n) is 19.0. The van der Waals surface area contributed by atoms with Gasteiger partial charge in [0.05, 0.1) is 23.8 Å². The summed E-state index contributed by atoms with van der Waals surface area (Å²) in [5, 5.41) is 2.89. The maximum Gasteiger partial charge on any atom is 0.243 e. The van der Waals surface area contributed by atoms with Gasteiger partial charge in [0.15, 0.2) is 0 Å². The van der Waals surface area contributed by atoms with Gasteiger partial charge in [0.25, 0.3) is 0 Å². The van der Waals surface area contributed by atoms with Crippen LogP contribution in [0.25, 0.3) is 0 Å². The van der Waals surface area contributed by atoms with Crippen LogP contribution in [-0.2, 0) is 21.2 Å². The number of aryl methyl sites for hydroxylation is 1. The van der Waals surface area contributed by atoms with E-state index in [0.29, 0.717) is 42.3 Å². The van der Waals surface area contributed by atoms with Crippen LogP contribution in [-0.4, -0.2) is 44.9 Å². The molecule has 1 heterocycles. The highest BCUT2D eigenvalue weighted by atomic mass is 32.2. The number of para-hydroxylation sites is 2. The van der Waals surface area contributed by atoms with Gasteiger partial charge in [-0.3, -0.25) is 4.79 Å². The van der Waals surface area contributed by atoms with Gasteiger partial charge in [-0.1, -0.05) is 18.6 Å². The fourth-order valence-corrected chi connectivity index (χ4v) is 5.32. The summed E-state index contributed by atoms with van der Waals surface area (Å²) >= 11 is 0. The fraction of sp³-hybridized carbons (Fsp3) is 0.458. The first-order chi connectivity index (χ1) is 15.3. The molecule has 8 heteroatoms. The topological polar surface area (TPSA) is 84.9 Å². The Morgan fingerprint density at radius 2 is 1.78 bits per heavy atom. The molecule has 0 unspecified atom stereocenters. The van der Waals surface area contributed by atoms with E-state index in [2.05, 4.69) is 5.32 Å². The van der Waals surface area contributed by atoms with Gasteiger partial charge >= 0.3 is 0 Å². The monoisotopic (exact) mass is 460 g/mol. The Hall–Kier alpha value is -2.58. The average Bonchev–Trinajstić information content (AvgIpc) is 2.79. The second kappa shape index (κ2) is 10.8. The number of nitrogens with zero attached hydrogens (tertiary/aromatic N) is 1. The summed E-state index contributed by atoms with van der Waals surface area (Å²) in [7, 11) is -2.01. The van der Waals surface area contributed by atoms with Crippen molar-refractivity contribution in [2.75, 3.05) is 25.5 Å². The zero-order valence-corrected chi connectivity index (χ0v) is 19.8. The minimum atomic E-state index is -3.55. The van der Waals surface area contributed by atoms with Crippen LogP contribution in [0.2, 0.25) is 0 Å². The van der Waals surface area contributed by atoms with Crippen molar-refractivity contribution >= 4 is 21.6 Å². The van der Waals surface area contributed by atoms with Gasteiger partial charge in [-0.15, -0.1) is 0 Å². The van der Waals surface area contributed by atoms with Crippen molar-refractivity contribution in [3.8, 4) is 11.5 Å². The largest absolute Gasteiger partial charge is 0.496 e. The third-order valence-corrected chi connectivity index (χ3v) is 7.24. The number of hydrogen-bond donors (Lipinski definition) is 1. The molecule has 0 aromatic heterocycles. The molecule has 1 fully saturated rings. The standard InChI is InChI=1S/C24H32N2O5S/c1-18(2)31-23-10-6-5-9-21(23)25-24(27)14-11-19-17-20(12-13-22(19)30-3)32(28,29)26-15-7-4-8-16-26/h5-6,9-10,12-13,17-18H,4,7-8,11,14-16H2,1-3H3,(H,25,27). The van der Waals surface area contributed by atoms with Gasteiger partial charge in [0, 0.05) is 19.5 Å². The summed E-state index contributed by atoms with van der Waals surface area (Å²) in [6.07, 6.45) is 3.34. The van der Waals surface area contributed by atoms with Crippen molar-refractivity contribution in [1.82, 2.24) is 4.31 Å². The number of anilines is 1. The van der Waals surface area contributed by atoms with Gasteiger partial charge in [0.1, 0.15) is 11.5 Å². The number of amides is 1. The number of piperidine rings is 1. The Labute approximate surface area is 190 Å². The van der Waals surface area contributed by atoms with Crippen molar-refractivity contribution in [1.29, 1.82) is 0 Å². The van der Waals surface area contributed by atoms with Crippen molar-refractivity contribution in [2.24, 2.45) is 0 Å². The molecule has 32 heavy (non-hydrogen) atoms. The van der Waals surface area contributed by atoms with Gasteiger partial charge in [-0.05, 0) is 69.0 Å². The highest BCUT2D eigenvalue weighted by Gasteiger charge is 2.26. The number of benzene rings is 2. The predicted molar refractivity (Wildman–Crippen MR) is 125 cm³/mol. The number of hydrogen-bond acceptors (Lipinski definition) is 5. The minimum absolute atomic E-state index is 0.0121. The third-order valence-electron chi connectivity index (χ3n) is 5.35. The average molecular weight is 461 g/mol. The van der Waals surface area contributed by atoms with Crippen LogP contribution in [0.4, 0.5) is 5.69 Å². The van der Waals surface area contributed by atoms with E-state index in [9.17, 15) is 13.2 Å². The molecule has 0 atom stereocenters. The number of methoxy groups -OCH3 is 1.